The number of rotatable bonds is 2. The zero-order valence-electron chi connectivity index (χ0n) is 8.41. The van der Waals surface area contributed by atoms with E-state index in [1.807, 2.05) is 12.3 Å². The van der Waals surface area contributed by atoms with Crippen LogP contribution in [0.1, 0.15) is 10.7 Å². The summed E-state index contributed by atoms with van der Waals surface area (Å²) in [5.74, 6) is 0. The van der Waals surface area contributed by atoms with Crippen molar-refractivity contribution < 1.29 is 0 Å². The minimum absolute atomic E-state index is 0.0474. The summed E-state index contributed by atoms with van der Waals surface area (Å²) in [6.07, 6.45) is 1.77. The Morgan fingerprint density at radius 3 is 2.88 bits per heavy atom. The summed E-state index contributed by atoms with van der Waals surface area (Å²) < 4.78 is 3.04. The summed E-state index contributed by atoms with van der Waals surface area (Å²) in [6, 6.07) is 1.74. The van der Waals surface area contributed by atoms with E-state index in [2.05, 4.69) is 36.8 Å². The second-order valence-corrected chi connectivity index (χ2v) is 6.13. The van der Waals surface area contributed by atoms with Crippen molar-refractivity contribution in [2.45, 2.75) is 13.5 Å². The highest BCUT2D eigenvalue weighted by molar-refractivity contribution is 9.11. The lowest BCUT2D eigenvalue weighted by molar-refractivity contribution is 0.735. The van der Waals surface area contributed by atoms with E-state index in [0.29, 0.717) is 11.0 Å². The Morgan fingerprint density at radius 1 is 1.50 bits per heavy atom. The maximum Gasteiger partial charge on any atom is 0.265 e. The van der Waals surface area contributed by atoms with Gasteiger partial charge < -0.3 is 4.57 Å². The van der Waals surface area contributed by atoms with Crippen LogP contribution < -0.4 is 5.56 Å². The molecule has 0 unspecified atom stereocenters. The van der Waals surface area contributed by atoms with Crippen LogP contribution in [0.25, 0.3) is 0 Å². The van der Waals surface area contributed by atoms with Gasteiger partial charge >= 0.3 is 0 Å². The molecular weight excluding hydrogens is 356 g/mol. The quantitative estimate of drug-likeness (QED) is 0.821. The van der Waals surface area contributed by atoms with Gasteiger partial charge in [-0.05, 0) is 44.8 Å². The van der Waals surface area contributed by atoms with Gasteiger partial charge in [-0.3, -0.25) is 4.79 Å². The molecule has 0 aliphatic heterocycles. The Morgan fingerprint density at radius 2 is 2.25 bits per heavy atom. The Kier molecular flexibility index (Phi) is 3.61. The molecule has 0 atom stereocenters. The number of hydrogen-bond acceptors (Lipinski definition) is 3. The highest BCUT2D eigenvalue weighted by Crippen LogP contribution is 2.14. The van der Waals surface area contributed by atoms with E-state index >= 15 is 0 Å². The summed E-state index contributed by atoms with van der Waals surface area (Å²) in [7, 11) is 0. The normalized spacial score (nSPS) is 10.7. The van der Waals surface area contributed by atoms with Crippen molar-refractivity contribution in [2.75, 3.05) is 0 Å². The van der Waals surface area contributed by atoms with Gasteiger partial charge in [-0.15, -0.1) is 11.3 Å². The van der Waals surface area contributed by atoms with Crippen molar-refractivity contribution in [1.29, 1.82) is 0 Å². The molecule has 3 nitrogen and oxygen atoms in total. The molecule has 2 heterocycles. The fourth-order valence-electron chi connectivity index (χ4n) is 1.34. The van der Waals surface area contributed by atoms with E-state index in [-0.39, 0.29) is 5.56 Å². The predicted octanol–water partition coefficient (Wildman–Crippen LogP) is 3.19. The van der Waals surface area contributed by atoms with E-state index in [0.717, 1.165) is 15.2 Å². The molecule has 0 aliphatic carbocycles. The van der Waals surface area contributed by atoms with Crippen LogP contribution in [-0.2, 0) is 6.54 Å². The van der Waals surface area contributed by atoms with Gasteiger partial charge in [0, 0.05) is 16.0 Å². The van der Waals surface area contributed by atoms with E-state index < -0.39 is 0 Å². The summed E-state index contributed by atoms with van der Waals surface area (Å²) in [4.78, 5) is 16.1. The summed E-state index contributed by atoms with van der Waals surface area (Å²) >= 11 is 8.18. The molecule has 0 fully saturated rings. The standard InChI is InChI=1S/C10H8Br2N2OS/c1-6-13-8(5-16-6)4-14-3-7(11)2-9(12)10(14)15/h2-3,5H,4H2,1H3. The lowest BCUT2D eigenvalue weighted by atomic mass is 10.4. The molecule has 0 amide bonds. The Balaban J connectivity index is 2.38. The fraction of sp³-hybridized carbons (Fsp3) is 0.200. The zero-order valence-corrected chi connectivity index (χ0v) is 12.4. The molecule has 2 aromatic heterocycles. The molecule has 6 heteroatoms. The van der Waals surface area contributed by atoms with Crippen LogP contribution in [0.3, 0.4) is 0 Å². The van der Waals surface area contributed by atoms with Crippen LogP contribution in [0, 0.1) is 6.92 Å². The molecule has 16 heavy (non-hydrogen) atoms. The third kappa shape index (κ3) is 2.61. The molecule has 0 radical (unpaired) electrons. The molecule has 2 aromatic rings. The molecular formula is C10H8Br2N2OS. The number of aryl methyl sites for hydroxylation is 1. The topological polar surface area (TPSA) is 34.9 Å². The number of halogens is 2. The monoisotopic (exact) mass is 362 g/mol. The number of nitrogens with zero attached hydrogens (tertiary/aromatic N) is 2. The third-order valence-corrected chi connectivity index (χ3v) is 3.83. The van der Waals surface area contributed by atoms with Gasteiger partial charge in [-0.1, -0.05) is 0 Å². The largest absolute Gasteiger partial charge is 0.307 e. The molecule has 2 rings (SSSR count). The van der Waals surface area contributed by atoms with Gasteiger partial charge in [0.05, 0.1) is 21.7 Å². The first-order valence-electron chi connectivity index (χ1n) is 4.53. The molecule has 0 bridgehead atoms. The number of pyridine rings is 1. The molecule has 0 saturated carbocycles. The number of hydrogen-bond donors (Lipinski definition) is 0. The fourth-order valence-corrected chi connectivity index (χ4v) is 3.20. The second kappa shape index (κ2) is 4.81. The SMILES string of the molecule is Cc1nc(Cn2cc(Br)cc(Br)c2=O)cs1. The molecule has 84 valence electrons. The van der Waals surface area contributed by atoms with Gasteiger partial charge in [-0.2, -0.15) is 0 Å². The molecule has 0 aliphatic rings. The first-order valence-corrected chi connectivity index (χ1v) is 6.99. The average molecular weight is 364 g/mol. The van der Waals surface area contributed by atoms with Crippen LogP contribution >= 0.6 is 43.2 Å². The van der Waals surface area contributed by atoms with E-state index in [4.69, 9.17) is 0 Å². The Labute approximate surface area is 113 Å². The van der Waals surface area contributed by atoms with Crippen LogP contribution in [0.2, 0.25) is 0 Å². The van der Waals surface area contributed by atoms with Gasteiger partial charge in [-0.25, -0.2) is 4.98 Å². The van der Waals surface area contributed by atoms with Crippen molar-refractivity contribution in [3.05, 3.63) is 47.6 Å². The van der Waals surface area contributed by atoms with E-state index in [1.54, 1.807) is 28.2 Å². The van der Waals surface area contributed by atoms with Crippen molar-refractivity contribution >= 4 is 43.2 Å². The van der Waals surface area contributed by atoms with Gasteiger partial charge in [0.2, 0.25) is 0 Å². The highest BCUT2D eigenvalue weighted by Gasteiger charge is 2.05. The van der Waals surface area contributed by atoms with E-state index in [9.17, 15) is 4.79 Å². The van der Waals surface area contributed by atoms with Crippen molar-refractivity contribution in [3.63, 3.8) is 0 Å². The highest BCUT2D eigenvalue weighted by atomic mass is 79.9. The minimum atomic E-state index is -0.0474. The first-order chi connectivity index (χ1) is 7.56. The second-order valence-electron chi connectivity index (χ2n) is 3.30. The average Bonchev–Trinajstić information content (AvgIpc) is 2.60. The van der Waals surface area contributed by atoms with Gasteiger partial charge in [0.15, 0.2) is 0 Å². The van der Waals surface area contributed by atoms with Crippen LogP contribution in [0.15, 0.2) is 31.4 Å². The van der Waals surface area contributed by atoms with Crippen molar-refractivity contribution in [1.82, 2.24) is 9.55 Å². The lowest BCUT2D eigenvalue weighted by Crippen LogP contribution is -2.20. The van der Waals surface area contributed by atoms with Crippen molar-refractivity contribution in [3.8, 4) is 0 Å². The lowest BCUT2D eigenvalue weighted by Gasteiger charge is -2.04. The van der Waals surface area contributed by atoms with Crippen LogP contribution in [0.4, 0.5) is 0 Å². The summed E-state index contributed by atoms with van der Waals surface area (Å²) in [5, 5.41) is 2.98. The third-order valence-electron chi connectivity index (χ3n) is 2.01. The number of aromatic nitrogens is 2. The summed E-state index contributed by atoms with van der Waals surface area (Å²) in [6.45, 7) is 2.45. The Hall–Kier alpha value is -0.460. The Bertz CT molecular complexity index is 576. The van der Waals surface area contributed by atoms with Crippen LogP contribution in [-0.4, -0.2) is 9.55 Å². The molecule has 0 N–H and O–H groups in total. The first kappa shape index (κ1) is 12.0. The molecule has 0 saturated heterocycles. The van der Waals surface area contributed by atoms with Gasteiger partial charge in [0.25, 0.3) is 5.56 Å². The summed E-state index contributed by atoms with van der Waals surface area (Å²) in [5.41, 5.74) is 0.864. The van der Waals surface area contributed by atoms with Crippen molar-refractivity contribution in [2.24, 2.45) is 0 Å². The zero-order chi connectivity index (χ0) is 11.7. The minimum Gasteiger partial charge on any atom is -0.307 e. The maximum atomic E-state index is 11.8. The molecule has 0 aromatic carbocycles. The van der Waals surface area contributed by atoms with Crippen LogP contribution in [0.5, 0.6) is 0 Å². The smallest absolute Gasteiger partial charge is 0.265 e. The number of thiazole rings is 1. The maximum absolute atomic E-state index is 11.8. The predicted molar refractivity (Wildman–Crippen MR) is 72.1 cm³/mol. The van der Waals surface area contributed by atoms with Gasteiger partial charge in [0.1, 0.15) is 0 Å². The molecule has 0 spiro atoms. The van der Waals surface area contributed by atoms with E-state index in [1.165, 1.54) is 0 Å².